The first-order valence-electron chi connectivity index (χ1n) is 6.99. The summed E-state index contributed by atoms with van der Waals surface area (Å²) in [4.78, 5) is 22.6. The van der Waals surface area contributed by atoms with E-state index in [4.69, 9.17) is 5.11 Å². The molecule has 1 aromatic rings. The van der Waals surface area contributed by atoms with E-state index in [-0.39, 0.29) is 11.3 Å². The zero-order valence-electron chi connectivity index (χ0n) is 13.0. The third-order valence-corrected chi connectivity index (χ3v) is 3.61. The van der Waals surface area contributed by atoms with E-state index in [0.29, 0.717) is 23.6 Å². The van der Waals surface area contributed by atoms with Gasteiger partial charge in [-0.3, -0.25) is 4.79 Å². The third-order valence-electron chi connectivity index (χ3n) is 3.61. The van der Waals surface area contributed by atoms with E-state index in [2.05, 4.69) is 33.0 Å². The highest BCUT2D eigenvalue weighted by atomic mass is 16.4. The molecule has 0 spiro atoms. The molecule has 1 amide bonds. The minimum absolute atomic E-state index is 0.138. The summed E-state index contributed by atoms with van der Waals surface area (Å²) in [7, 11) is 0. The Bertz CT molecular complexity index is 541. The average molecular weight is 289 g/mol. The average Bonchev–Trinajstić information content (AvgIpc) is 2.41. The Hall–Kier alpha value is -2.10. The van der Waals surface area contributed by atoms with Crippen molar-refractivity contribution in [2.24, 2.45) is 11.3 Å². The molecular weight excluding hydrogens is 266 g/mol. The van der Waals surface area contributed by atoms with Crippen LogP contribution in [0.25, 0.3) is 6.08 Å². The first-order chi connectivity index (χ1) is 9.70. The molecule has 1 unspecified atom stereocenters. The van der Waals surface area contributed by atoms with Crippen molar-refractivity contribution in [2.75, 3.05) is 6.54 Å². The van der Waals surface area contributed by atoms with Crippen molar-refractivity contribution < 1.29 is 14.7 Å². The molecule has 0 bridgehead atoms. The van der Waals surface area contributed by atoms with Gasteiger partial charge in [0.05, 0.1) is 0 Å². The van der Waals surface area contributed by atoms with Crippen molar-refractivity contribution >= 4 is 18.0 Å². The summed E-state index contributed by atoms with van der Waals surface area (Å²) >= 11 is 0. The third kappa shape index (κ3) is 5.81. The molecule has 21 heavy (non-hydrogen) atoms. The van der Waals surface area contributed by atoms with Crippen LogP contribution in [0.15, 0.2) is 30.3 Å². The largest absolute Gasteiger partial charge is 0.478 e. The maximum Gasteiger partial charge on any atom is 0.328 e. The number of aliphatic carboxylic acids is 1. The second-order valence-corrected chi connectivity index (χ2v) is 6.27. The standard InChI is InChI=1S/C17H23NO3/c1-12(17(2,3)4)11-18-16(21)14-7-5-6-13(10-14)8-9-15(19)20/h5-10,12H,11H2,1-4H3,(H,18,21)(H,19,20)/b9-8+. The quantitative estimate of drug-likeness (QED) is 0.818. The Morgan fingerprint density at radius 3 is 2.57 bits per heavy atom. The van der Waals surface area contributed by atoms with Crippen LogP contribution in [0.2, 0.25) is 0 Å². The first-order valence-corrected chi connectivity index (χ1v) is 6.99. The van der Waals surface area contributed by atoms with Crippen LogP contribution in [-0.4, -0.2) is 23.5 Å². The Morgan fingerprint density at radius 1 is 1.33 bits per heavy atom. The summed E-state index contributed by atoms with van der Waals surface area (Å²) in [5, 5.41) is 11.5. The summed E-state index contributed by atoms with van der Waals surface area (Å²) in [6, 6.07) is 6.89. The van der Waals surface area contributed by atoms with E-state index in [1.165, 1.54) is 6.08 Å². The smallest absolute Gasteiger partial charge is 0.328 e. The molecule has 114 valence electrons. The Morgan fingerprint density at radius 2 is 2.00 bits per heavy atom. The maximum atomic E-state index is 12.1. The number of hydrogen-bond donors (Lipinski definition) is 2. The van der Waals surface area contributed by atoms with Crippen molar-refractivity contribution in [1.29, 1.82) is 0 Å². The second-order valence-electron chi connectivity index (χ2n) is 6.27. The number of carboxylic acids is 1. The van der Waals surface area contributed by atoms with Crippen LogP contribution in [0.4, 0.5) is 0 Å². The van der Waals surface area contributed by atoms with Gasteiger partial charge in [0.2, 0.25) is 0 Å². The Kier molecular flexibility index (Phi) is 5.70. The summed E-state index contributed by atoms with van der Waals surface area (Å²) < 4.78 is 0. The molecule has 0 aromatic heterocycles. The van der Waals surface area contributed by atoms with Crippen LogP contribution < -0.4 is 5.32 Å². The van der Waals surface area contributed by atoms with Gasteiger partial charge in [-0.25, -0.2) is 4.79 Å². The van der Waals surface area contributed by atoms with Gasteiger partial charge in [0, 0.05) is 18.2 Å². The summed E-state index contributed by atoms with van der Waals surface area (Å²) in [5.74, 6) is -0.794. The molecule has 0 heterocycles. The SMILES string of the molecule is CC(CNC(=O)c1cccc(/C=C/C(=O)O)c1)C(C)(C)C. The summed E-state index contributed by atoms with van der Waals surface area (Å²) in [5.41, 5.74) is 1.36. The molecule has 0 aliphatic rings. The molecule has 0 radical (unpaired) electrons. The van der Waals surface area contributed by atoms with Crippen molar-refractivity contribution in [1.82, 2.24) is 5.32 Å². The normalized spacial score (nSPS) is 13.1. The zero-order valence-corrected chi connectivity index (χ0v) is 13.0. The van der Waals surface area contributed by atoms with Gasteiger partial charge in [-0.05, 0) is 35.1 Å². The van der Waals surface area contributed by atoms with Crippen LogP contribution in [0.3, 0.4) is 0 Å². The number of carbonyl (C=O) groups excluding carboxylic acids is 1. The fourth-order valence-electron chi connectivity index (χ4n) is 1.61. The lowest BCUT2D eigenvalue weighted by atomic mass is 9.82. The van der Waals surface area contributed by atoms with E-state index >= 15 is 0 Å². The predicted octanol–water partition coefficient (Wildman–Crippen LogP) is 3.20. The molecule has 0 saturated carbocycles. The number of hydrogen-bond acceptors (Lipinski definition) is 2. The minimum atomic E-state index is -1.01. The van der Waals surface area contributed by atoms with Crippen molar-refractivity contribution in [3.8, 4) is 0 Å². The van der Waals surface area contributed by atoms with Crippen LogP contribution in [0, 0.1) is 11.3 Å². The molecular formula is C17H23NO3. The predicted molar refractivity (Wildman–Crippen MR) is 84.1 cm³/mol. The van der Waals surface area contributed by atoms with E-state index in [1.807, 2.05) is 0 Å². The molecule has 0 saturated heterocycles. The Labute approximate surface area is 125 Å². The highest BCUT2D eigenvalue weighted by Crippen LogP contribution is 2.24. The highest BCUT2D eigenvalue weighted by Gasteiger charge is 2.20. The first kappa shape index (κ1) is 17.0. The molecule has 0 aliphatic heterocycles. The molecule has 2 N–H and O–H groups in total. The van der Waals surface area contributed by atoms with Gasteiger partial charge in [0.15, 0.2) is 0 Å². The van der Waals surface area contributed by atoms with Crippen molar-refractivity contribution in [3.05, 3.63) is 41.5 Å². The highest BCUT2D eigenvalue weighted by molar-refractivity contribution is 5.95. The van der Waals surface area contributed by atoms with Gasteiger partial charge >= 0.3 is 5.97 Å². The van der Waals surface area contributed by atoms with Gasteiger partial charge in [-0.1, -0.05) is 39.8 Å². The summed E-state index contributed by atoms with van der Waals surface area (Å²) in [6.45, 7) is 9.13. The zero-order chi connectivity index (χ0) is 16.0. The van der Waals surface area contributed by atoms with E-state index < -0.39 is 5.97 Å². The lowest BCUT2D eigenvalue weighted by Crippen LogP contribution is -2.33. The maximum absolute atomic E-state index is 12.1. The second kappa shape index (κ2) is 7.07. The number of carboxylic acid groups (broad SMARTS) is 1. The molecule has 0 aliphatic carbocycles. The van der Waals surface area contributed by atoms with E-state index in [1.54, 1.807) is 24.3 Å². The van der Waals surface area contributed by atoms with Gasteiger partial charge in [0.1, 0.15) is 0 Å². The number of rotatable bonds is 5. The fourth-order valence-corrected chi connectivity index (χ4v) is 1.61. The molecule has 1 aromatic carbocycles. The molecule has 4 nitrogen and oxygen atoms in total. The number of carbonyl (C=O) groups is 2. The van der Waals surface area contributed by atoms with Crippen LogP contribution in [0.1, 0.15) is 43.6 Å². The molecule has 0 fully saturated rings. The lowest BCUT2D eigenvalue weighted by molar-refractivity contribution is -0.131. The van der Waals surface area contributed by atoms with Crippen LogP contribution >= 0.6 is 0 Å². The van der Waals surface area contributed by atoms with Gasteiger partial charge in [-0.2, -0.15) is 0 Å². The number of amides is 1. The van der Waals surface area contributed by atoms with Gasteiger partial charge in [-0.15, -0.1) is 0 Å². The van der Waals surface area contributed by atoms with Crippen molar-refractivity contribution in [2.45, 2.75) is 27.7 Å². The number of nitrogens with one attached hydrogen (secondary N) is 1. The van der Waals surface area contributed by atoms with Gasteiger partial charge < -0.3 is 10.4 Å². The van der Waals surface area contributed by atoms with Crippen LogP contribution in [0.5, 0.6) is 0 Å². The summed E-state index contributed by atoms with van der Waals surface area (Å²) in [6.07, 6.45) is 2.52. The lowest BCUT2D eigenvalue weighted by Gasteiger charge is -2.27. The molecule has 1 rings (SSSR count). The topological polar surface area (TPSA) is 66.4 Å². The Balaban J connectivity index is 2.71. The monoisotopic (exact) mass is 289 g/mol. The number of benzene rings is 1. The fraction of sp³-hybridized carbons (Fsp3) is 0.412. The molecule has 1 atom stereocenters. The van der Waals surface area contributed by atoms with Gasteiger partial charge in [0.25, 0.3) is 5.91 Å². The van der Waals surface area contributed by atoms with Crippen molar-refractivity contribution in [3.63, 3.8) is 0 Å². The molecule has 4 heteroatoms. The van der Waals surface area contributed by atoms with Crippen LogP contribution in [-0.2, 0) is 4.79 Å². The van der Waals surface area contributed by atoms with E-state index in [0.717, 1.165) is 6.08 Å². The van der Waals surface area contributed by atoms with E-state index in [9.17, 15) is 9.59 Å². The minimum Gasteiger partial charge on any atom is -0.478 e.